The SMILES string of the molecule is Cc1ccccc1-c1csc(N2CCC(S(=O)(=O)c3cccc(F)c3)CC2)n1. The summed E-state index contributed by atoms with van der Waals surface area (Å²) in [6.07, 6.45) is 1.02. The molecule has 0 radical (unpaired) electrons. The number of hydrogen-bond donors (Lipinski definition) is 0. The Morgan fingerprint density at radius 1 is 1.11 bits per heavy atom. The van der Waals surface area contributed by atoms with Crippen LogP contribution in [0.1, 0.15) is 18.4 Å². The molecule has 3 aromatic rings. The highest BCUT2D eigenvalue weighted by Gasteiger charge is 2.32. The van der Waals surface area contributed by atoms with E-state index in [9.17, 15) is 12.8 Å². The van der Waals surface area contributed by atoms with E-state index in [1.165, 1.54) is 23.8 Å². The van der Waals surface area contributed by atoms with Crippen LogP contribution in [-0.2, 0) is 9.84 Å². The van der Waals surface area contributed by atoms with E-state index in [1.54, 1.807) is 11.3 Å². The van der Waals surface area contributed by atoms with Gasteiger partial charge in [0, 0.05) is 24.0 Å². The average molecular weight is 417 g/mol. The van der Waals surface area contributed by atoms with Gasteiger partial charge in [-0.2, -0.15) is 0 Å². The van der Waals surface area contributed by atoms with E-state index in [4.69, 9.17) is 4.98 Å². The third kappa shape index (κ3) is 3.69. The van der Waals surface area contributed by atoms with E-state index in [2.05, 4.69) is 24.0 Å². The number of anilines is 1. The van der Waals surface area contributed by atoms with Crippen molar-refractivity contribution < 1.29 is 12.8 Å². The molecular weight excluding hydrogens is 395 g/mol. The number of thiazole rings is 1. The maximum atomic E-state index is 13.4. The van der Waals surface area contributed by atoms with Gasteiger partial charge in [-0.1, -0.05) is 30.3 Å². The van der Waals surface area contributed by atoms with E-state index in [1.807, 2.05) is 17.5 Å². The lowest BCUT2D eigenvalue weighted by Crippen LogP contribution is -2.39. The van der Waals surface area contributed by atoms with E-state index in [0.717, 1.165) is 22.5 Å². The Kier molecular flexibility index (Phi) is 5.21. The van der Waals surface area contributed by atoms with Crippen LogP contribution in [0.15, 0.2) is 58.8 Å². The molecule has 2 heterocycles. The summed E-state index contributed by atoms with van der Waals surface area (Å²) in [5, 5.41) is 2.48. The lowest BCUT2D eigenvalue weighted by molar-refractivity contribution is 0.528. The first kappa shape index (κ1) is 19.1. The van der Waals surface area contributed by atoms with Crippen molar-refractivity contribution in [3.63, 3.8) is 0 Å². The number of halogens is 1. The van der Waals surface area contributed by atoms with Crippen LogP contribution >= 0.6 is 11.3 Å². The summed E-state index contributed by atoms with van der Waals surface area (Å²) in [6, 6.07) is 13.4. The van der Waals surface area contributed by atoms with E-state index in [-0.39, 0.29) is 4.90 Å². The molecule has 4 rings (SSSR count). The van der Waals surface area contributed by atoms with Gasteiger partial charge in [0.2, 0.25) is 0 Å². The van der Waals surface area contributed by atoms with Crippen molar-refractivity contribution in [2.45, 2.75) is 29.9 Å². The highest BCUT2D eigenvalue weighted by atomic mass is 32.2. The Morgan fingerprint density at radius 2 is 1.86 bits per heavy atom. The summed E-state index contributed by atoms with van der Waals surface area (Å²) < 4.78 is 39.1. The molecule has 2 aromatic carbocycles. The molecule has 1 aliphatic heterocycles. The van der Waals surface area contributed by atoms with Crippen molar-refractivity contribution in [1.82, 2.24) is 4.98 Å². The van der Waals surface area contributed by atoms with Crippen molar-refractivity contribution in [3.8, 4) is 11.3 Å². The van der Waals surface area contributed by atoms with Crippen molar-refractivity contribution in [3.05, 3.63) is 65.3 Å². The van der Waals surface area contributed by atoms with Gasteiger partial charge in [-0.05, 0) is 43.5 Å². The Labute approximate surface area is 168 Å². The Morgan fingerprint density at radius 3 is 2.57 bits per heavy atom. The largest absolute Gasteiger partial charge is 0.348 e. The first-order valence-electron chi connectivity index (χ1n) is 9.21. The molecular formula is C21H21FN2O2S2. The summed E-state index contributed by atoms with van der Waals surface area (Å²) in [6.45, 7) is 3.32. The van der Waals surface area contributed by atoms with Crippen LogP contribution in [0.3, 0.4) is 0 Å². The molecule has 0 N–H and O–H groups in total. The van der Waals surface area contributed by atoms with Gasteiger partial charge < -0.3 is 4.90 Å². The molecule has 1 aliphatic rings. The Balaban J connectivity index is 1.47. The first-order valence-corrected chi connectivity index (χ1v) is 11.6. The molecule has 0 saturated carbocycles. The summed E-state index contributed by atoms with van der Waals surface area (Å²) in [7, 11) is -3.52. The second kappa shape index (κ2) is 7.64. The first-order chi connectivity index (χ1) is 13.4. The van der Waals surface area contributed by atoms with Crippen molar-refractivity contribution >= 4 is 26.3 Å². The fourth-order valence-corrected chi connectivity index (χ4v) is 6.23. The van der Waals surface area contributed by atoms with Crippen LogP contribution in [0.25, 0.3) is 11.3 Å². The zero-order chi connectivity index (χ0) is 19.7. The minimum atomic E-state index is -3.52. The molecule has 28 heavy (non-hydrogen) atoms. The van der Waals surface area contributed by atoms with Crippen LogP contribution in [0.4, 0.5) is 9.52 Å². The predicted octanol–water partition coefficient (Wildman–Crippen LogP) is 4.70. The van der Waals surface area contributed by atoms with E-state index < -0.39 is 20.9 Å². The molecule has 1 saturated heterocycles. The fourth-order valence-electron chi connectivity index (χ4n) is 3.59. The minimum Gasteiger partial charge on any atom is -0.348 e. The number of piperidine rings is 1. The monoisotopic (exact) mass is 416 g/mol. The van der Waals surface area contributed by atoms with Crippen molar-refractivity contribution in [2.24, 2.45) is 0 Å². The molecule has 1 fully saturated rings. The third-order valence-electron chi connectivity index (χ3n) is 5.19. The number of aryl methyl sites for hydroxylation is 1. The van der Waals surface area contributed by atoms with Gasteiger partial charge in [0.1, 0.15) is 5.82 Å². The van der Waals surface area contributed by atoms with E-state index >= 15 is 0 Å². The number of hydrogen-bond acceptors (Lipinski definition) is 5. The maximum Gasteiger partial charge on any atom is 0.185 e. The molecule has 0 atom stereocenters. The molecule has 0 bridgehead atoms. The van der Waals surface area contributed by atoms with Crippen LogP contribution in [0.5, 0.6) is 0 Å². The number of nitrogens with zero attached hydrogens (tertiary/aromatic N) is 2. The maximum absolute atomic E-state index is 13.4. The topological polar surface area (TPSA) is 50.3 Å². The summed E-state index contributed by atoms with van der Waals surface area (Å²) in [5.74, 6) is -0.523. The van der Waals surface area contributed by atoms with Crippen LogP contribution in [0, 0.1) is 12.7 Å². The number of aromatic nitrogens is 1. The molecule has 146 valence electrons. The Bertz CT molecular complexity index is 1090. The molecule has 0 spiro atoms. The zero-order valence-corrected chi connectivity index (χ0v) is 17.1. The summed E-state index contributed by atoms with van der Waals surface area (Å²) >= 11 is 1.58. The summed E-state index contributed by atoms with van der Waals surface area (Å²) in [5.41, 5.74) is 3.25. The molecule has 4 nitrogen and oxygen atoms in total. The molecule has 1 aromatic heterocycles. The van der Waals surface area contributed by atoms with Gasteiger partial charge in [0.25, 0.3) is 0 Å². The molecule has 7 heteroatoms. The second-order valence-corrected chi connectivity index (χ2v) is 10.1. The van der Waals surface area contributed by atoms with Crippen LogP contribution in [0.2, 0.25) is 0 Å². The second-order valence-electron chi connectivity index (χ2n) is 7.02. The molecule has 0 amide bonds. The van der Waals surface area contributed by atoms with Gasteiger partial charge in [0.15, 0.2) is 15.0 Å². The summed E-state index contributed by atoms with van der Waals surface area (Å²) in [4.78, 5) is 6.98. The lowest BCUT2D eigenvalue weighted by Gasteiger charge is -2.31. The molecule has 0 unspecified atom stereocenters. The van der Waals surface area contributed by atoms with Gasteiger partial charge >= 0.3 is 0 Å². The van der Waals surface area contributed by atoms with E-state index in [0.29, 0.717) is 25.9 Å². The fraction of sp³-hybridized carbons (Fsp3) is 0.286. The lowest BCUT2D eigenvalue weighted by atomic mass is 10.1. The number of benzene rings is 2. The van der Waals surface area contributed by atoms with Gasteiger partial charge in [0.05, 0.1) is 15.8 Å². The van der Waals surface area contributed by atoms with Crippen molar-refractivity contribution in [1.29, 1.82) is 0 Å². The highest BCUT2D eigenvalue weighted by Crippen LogP contribution is 2.32. The molecule has 0 aliphatic carbocycles. The quantitative estimate of drug-likeness (QED) is 0.619. The highest BCUT2D eigenvalue weighted by molar-refractivity contribution is 7.92. The number of rotatable bonds is 4. The normalized spacial score (nSPS) is 15.7. The average Bonchev–Trinajstić information content (AvgIpc) is 3.18. The zero-order valence-electron chi connectivity index (χ0n) is 15.5. The van der Waals surface area contributed by atoms with Crippen LogP contribution < -0.4 is 4.90 Å². The standard InChI is InChI=1S/C21H21FN2O2S2/c1-15-5-2-3-8-19(15)20-14-27-21(23-20)24-11-9-17(10-12-24)28(25,26)18-7-4-6-16(22)13-18/h2-8,13-14,17H,9-12H2,1H3. The Hall–Kier alpha value is -2.25. The van der Waals surface area contributed by atoms with Gasteiger partial charge in [-0.15, -0.1) is 11.3 Å². The van der Waals surface area contributed by atoms with Gasteiger partial charge in [-0.25, -0.2) is 17.8 Å². The number of sulfone groups is 1. The van der Waals surface area contributed by atoms with Gasteiger partial charge in [-0.3, -0.25) is 0 Å². The predicted molar refractivity (Wildman–Crippen MR) is 111 cm³/mol. The van der Waals surface area contributed by atoms with Crippen LogP contribution in [-0.4, -0.2) is 31.7 Å². The minimum absolute atomic E-state index is 0.0713. The van der Waals surface area contributed by atoms with Crippen molar-refractivity contribution in [2.75, 3.05) is 18.0 Å². The smallest absolute Gasteiger partial charge is 0.185 e. The third-order valence-corrected chi connectivity index (χ3v) is 8.35.